The van der Waals surface area contributed by atoms with E-state index in [1.54, 1.807) is 19.1 Å². The first-order valence-corrected chi connectivity index (χ1v) is 8.71. The third-order valence-corrected chi connectivity index (χ3v) is 5.43. The van der Waals surface area contributed by atoms with Crippen molar-refractivity contribution in [2.24, 2.45) is 5.41 Å². The Kier molecular flexibility index (Phi) is 3.56. The topological polar surface area (TPSA) is 88.1 Å². The number of ether oxygens (including phenoxy) is 2. The SMILES string of the molecule is CC1(C(=O)O)CCN(C(=O)Nc2ccc3c(c2)OC2(CCCC2)O3)C1. The van der Waals surface area contributed by atoms with Crippen LogP contribution in [0.5, 0.6) is 11.5 Å². The maximum atomic E-state index is 12.4. The third-order valence-electron chi connectivity index (χ3n) is 5.43. The maximum Gasteiger partial charge on any atom is 0.321 e. The standard InChI is InChI=1S/C18H22N2O5/c1-17(15(21)22)8-9-20(11-17)16(23)19-12-4-5-13-14(10-12)25-18(24-13)6-2-3-7-18/h4-5,10H,2-3,6-9,11H2,1H3,(H,19,23)(H,21,22). The van der Waals surface area contributed by atoms with Crippen LogP contribution in [0.1, 0.15) is 39.0 Å². The Labute approximate surface area is 145 Å². The van der Waals surface area contributed by atoms with Crippen LogP contribution in [0, 0.1) is 5.41 Å². The number of carboxylic acids is 1. The van der Waals surface area contributed by atoms with Crippen LogP contribution in [0.3, 0.4) is 0 Å². The summed E-state index contributed by atoms with van der Waals surface area (Å²) in [6.07, 6.45) is 4.40. The highest BCUT2D eigenvalue weighted by molar-refractivity contribution is 5.90. The zero-order valence-corrected chi connectivity index (χ0v) is 14.2. The van der Waals surface area contributed by atoms with Gasteiger partial charge in [0.05, 0.1) is 5.41 Å². The highest BCUT2D eigenvalue weighted by Crippen LogP contribution is 2.47. The van der Waals surface area contributed by atoms with Crippen molar-refractivity contribution in [2.45, 2.75) is 44.8 Å². The summed E-state index contributed by atoms with van der Waals surface area (Å²) < 4.78 is 12.0. The zero-order chi connectivity index (χ0) is 17.7. The number of anilines is 1. The van der Waals surface area contributed by atoms with E-state index >= 15 is 0 Å². The van der Waals surface area contributed by atoms with E-state index in [9.17, 15) is 14.7 Å². The van der Waals surface area contributed by atoms with Crippen LogP contribution in [0.15, 0.2) is 18.2 Å². The van der Waals surface area contributed by atoms with Gasteiger partial charge in [-0.1, -0.05) is 0 Å². The minimum Gasteiger partial charge on any atom is -0.481 e. The highest BCUT2D eigenvalue weighted by Gasteiger charge is 2.44. The van der Waals surface area contributed by atoms with E-state index in [2.05, 4.69) is 5.32 Å². The van der Waals surface area contributed by atoms with Gasteiger partial charge < -0.3 is 24.8 Å². The average molecular weight is 346 g/mol. The molecule has 7 nitrogen and oxygen atoms in total. The molecule has 4 rings (SSSR count). The normalized spacial score (nSPS) is 26.2. The van der Waals surface area contributed by atoms with Crippen LogP contribution >= 0.6 is 0 Å². The van der Waals surface area contributed by atoms with E-state index in [-0.39, 0.29) is 12.6 Å². The van der Waals surface area contributed by atoms with E-state index in [0.29, 0.717) is 30.2 Å². The summed E-state index contributed by atoms with van der Waals surface area (Å²) in [6, 6.07) is 5.07. The fourth-order valence-electron chi connectivity index (χ4n) is 3.80. The number of carboxylic acid groups (broad SMARTS) is 1. The Hall–Kier alpha value is -2.44. The number of hydrogen-bond acceptors (Lipinski definition) is 4. The molecule has 1 aliphatic carbocycles. The van der Waals surface area contributed by atoms with Crippen molar-refractivity contribution < 1.29 is 24.2 Å². The first-order chi connectivity index (χ1) is 11.9. The Bertz CT molecular complexity index is 728. The predicted octanol–water partition coefficient (Wildman–Crippen LogP) is 3.06. The molecule has 0 bridgehead atoms. The molecule has 25 heavy (non-hydrogen) atoms. The van der Waals surface area contributed by atoms with E-state index in [0.717, 1.165) is 25.7 Å². The number of benzene rings is 1. The van der Waals surface area contributed by atoms with Crippen LogP contribution < -0.4 is 14.8 Å². The van der Waals surface area contributed by atoms with Gasteiger partial charge in [0.15, 0.2) is 11.5 Å². The fraction of sp³-hybridized carbons (Fsp3) is 0.556. The molecule has 1 saturated heterocycles. The molecule has 1 unspecified atom stereocenters. The van der Waals surface area contributed by atoms with Gasteiger partial charge >= 0.3 is 12.0 Å². The van der Waals surface area contributed by atoms with E-state index in [1.807, 2.05) is 6.07 Å². The number of fused-ring (bicyclic) bond motifs is 1. The molecule has 1 atom stereocenters. The van der Waals surface area contributed by atoms with Crippen LogP contribution in [-0.4, -0.2) is 40.9 Å². The van der Waals surface area contributed by atoms with Gasteiger partial charge in [-0.25, -0.2) is 4.79 Å². The van der Waals surface area contributed by atoms with Crippen LogP contribution in [-0.2, 0) is 4.79 Å². The molecule has 1 spiro atoms. The smallest absolute Gasteiger partial charge is 0.321 e. The molecule has 134 valence electrons. The van der Waals surface area contributed by atoms with Crippen molar-refractivity contribution in [3.8, 4) is 11.5 Å². The van der Waals surface area contributed by atoms with Gasteiger partial charge in [-0.3, -0.25) is 4.79 Å². The summed E-state index contributed by atoms with van der Waals surface area (Å²) in [4.78, 5) is 25.3. The molecule has 7 heteroatoms. The van der Waals surface area contributed by atoms with Crippen LogP contribution in [0.4, 0.5) is 10.5 Å². The van der Waals surface area contributed by atoms with Gasteiger partial charge in [-0.2, -0.15) is 0 Å². The monoisotopic (exact) mass is 346 g/mol. The summed E-state index contributed by atoms with van der Waals surface area (Å²) in [5.41, 5.74) is -0.257. The molecule has 3 aliphatic rings. The molecule has 2 fully saturated rings. The second-order valence-corrected chi connectivity index (χ2v) is 7.45. The van der Waals surface area contributed by atoms with E-state index < -0.39 is 17.2 Å². The number of likely N-dealkylation sites (tertiary alicyclic amines) is 1. The Morgan fingerprint density at radius 1 is 1.16 bits per heavy atom. The van der Waals surface area contributed by atoms with Gasteiger partial charge in [-0.15, -0.1) is 0 Å². The number of hydrogen-bond donors (Lipinski definition) is 2. The van der Waals surface area contributed by atoms with Gasteiger partial charge in [0, 0.05) is 37.7 Å². The van der Waals surface area contributed by atoms with Crippen LogP contribution in [0.2, 0.25) is 0 Å². The summed E-state index contributed by atoms with van der Waals surface area (Å²) in [6.45, 7) is 2.31. The molecule has 2 aliphatic heterocycles. The molecule has 2 heterocycles. The molecule has 2 N–H and O–H groups in total. The number of amides is 2. The lowest BCUT2D eigenvalue weighted by molar-refractivity contribution is -0.146. The van der Waals surface area contributed by atoms with E-state index in [1.165, 1.54) is 4.90 Å². The Morgan fingerprint density at radius 3 is 2.56 bits per heavy atom. The van der Waals surface area contributed by atoms with Crippen molar-refractivity contribution in [1.82, 2.24) is 4.90 Å². The lowest BCUT2D eigenvalue weighted by atomic mass is 9.90. The van der Waals surface area contributed by atoms with Crippen molar-refractivity contribution in [3.05, 3.63) is 18.2 Å². The largest absolute Gasteiger partial charge is 0.481 e. The minimum absolute atomic E-state index is 0.210. The van der Waals surface area contributed by atoms with Gasteiger partial charge in [0.1, 0.15) is 0 Å². The summed E-state index contributed by atoms with van der Waals surface area (Å²) in [5.74, 6) is -0.0350. The minimum atomic E-state index is -0.874. The number of nitrogens with zero attached hydrogens (tertiary/aromatic N) is 1. The Morgan fingerprint density at radius 2 is 1.88 bits per heavy atom. The lowest BCUT2D eigenvalue weighted by Crippen LogP contribution is -2.37. The quantitative estimate of drug-likeness (QED) is 0.859. The van der Waals surface area contributed by atoms with Gasteiger partial charge in [0.25, 0.3) is 5.79 Å². The van der Waals surface area contributed by atoms with Crippen molar-refractivity contribution in [1.29, 1.82) is 0 Å². The summed E-state index contributed by atoms with van der Waals surface area (Å²) >= 11 is 0. The second kappa shape index (κ2) is 5.54. The van der Waals surface area contributed by atoms with Crippen molar-refractivity contribution >= 4 is 17.7 Å². The first-order valence-electron chi connectivity index (χ1n) is 8.71. The van der Waals surface area contributed by atoms with Crippen LogP contribution in [0.25, 0.3) is 0 Å². The molecule has 1 aromatic carbocycles. The fourth-order valence-corrected chi connectivity index (χ4v) is 3.80. The highest BCUT2D eigenvalue weighted by atomic mass is 16.7. The van der Waals surface area contributed by atoms with Crippen molar-refractivity contribution in [3.63, 3.8) is 0 Å². The molecule has 1 saturated carbocycles. The molecular formula is C18H22N2O5. The number of rotatable bonds is 2. The molecule has 0 radical (unpaired) electrons. The molecule has 0 aromatic heterocycles. The molecule has 2 amide bonds. The summed E-state index contributed by atoms with van der Waals surface area (Å²) in [5, 5.41) is 12.1. The average Bonchev–Trinajstić information content (AvgIpc) is 3.26. The number of urea groups is 1. The van der Waals surface area contributed by atoms with Crippen molar-refractivity contribution in [2.75, 3.05) is 18.4 Å². The number of aliphatic carboxylic acids is 1. The summed E-state index contributed by atoms with van der Waals surface area (Å²) in [7, 11) is 0. The third kappa shape index (κ3) is 2.77. The maximum absolute atomic E-state index is 12.4. The first kappa shape index (κ1) is 16.1. The number of carbonyl (C=O) groups is 2. The Balaban J connectivity index is 1.43. The second-order valence-electron chi connectivity index (χ2n) is 7.45. The lowest BCUT2D eigenvalue weighted by Gasteiger charge is -2.21. The molecular weight excluding hydrogens is 324 g/mol. The van der Waals surface area contributed by atoms with E-state index in [4.69, 9.17) is 9.47 Å². The zero-order valence-electron chi connectivity index (χ0n) is 14.2. The van der Waals surface area contributed by atoms with Gasteiger partial charge in [0.2, 0.25) is 0 Å². The number of carbonyl (C=O) groups excluding carboxylic acids is 1. The molecule has 1 aromatic rings. The van der Waals surface area contributed by atoms with Gasteiger partial charge in [-0.05, 0) is 38.3 Å². The predicted molar refractivity (Wildman–Crippen MR) is 89.8 cm³/mol. The number of nitrogens with one attached hydrogen (secondary N) is 1.